The smallest absolute Gasteiger partial charge is 0.252 e. The summed E-state index contributed by atoms with van der Waals surface area (Å²) < 4.78 is 0. The van der Waals surface area contributed by atoms with Gasteiger partial charge in [-0.15, -0.1) is 11.3 Å². The maximum atomic E-state index is 12.0. The molecule has 120 valence electrons. The van der Waals surface area contributed by atoms with Crippen molar-refractivity contribution in [3.8, 4) is 10.4 Å². The Kier molecular flexibility index (Phi) is 3.56. The van der Waals surface area contributed by atoms with Crippen molar-refractivity contribution in [3.63, 3.8) is 0 Å². The highest BCUT2D eigenvalue weighted by Gasteiger charge is 2.36. The molecule has 2 aromatic rings. The van der Waals surface area contributed by atoms with Gasteiger partial charge in [-0.2, -0.15) is 0 Å². The second-order valence-corrected chi connectivity index (χ2v) is 7.79. The number of primary amides is 1. The average molecular weight is 328 g/mol. The Morgan fingerprint density at radius 2 is 2.00 bits per heavy atom. The minimum atomic E-state index is -0.488. The van der Waals surface area contributed by atoms with E-state index in [-0.39, 0.29) is 11.3 Å². The highest BCUT2D eigenvalue weighted by Crippen LogP contribution is 2.50. The topological polar surface area (TPSA) is 72.2 Å². The Morgan fingerprint density at radius 1 is 1.30 bits per heavy atom. The lowest BCUT2D eigenvalue weighted by atomic mass is 9.71. The lowest BCUT2D eigenvalue weighted by Gasteiger charge is -2.33. The van der Waals surface area contributed by atoms with Gasteiger partial charge in [-0.05, 0) is 35.4 Å². The van der Waals surface area contributed by atoms with Gasteiger partial charge in [0.1, 0.15) is 5.00 Å². The number of hydrogen-bond donors (Lipinski definition) is 2. The molecule has 1 aromatic heterocycles. The molecule has 1 aliphatic carbocycles. The zero-order valence-electron chi connectivity index (χ0n) is 13.7. The van der Waals surface area contributed by atoms with Gasteiger partial charge in [0, 0.05) is 11.8 Å². The minimum absolute atomic E-state index is 0.0902. The zero-order valence-corrected chi connectivity index (χ0v) is 14.6. The van der Waals surface area contributed by atoms with E-state index in [4.69, 9.17) is 5.73 Å². The third kappa shape index (κ3) is 2.55. The second-order valence-electron chi connectivity index (χ2n) is 6.77. The van der Waals surface area contributed by atoms with E-state index in [2.05, 4.69) is 44.3 Å². The summed E-state index contributed by atoms with van der Waals surface area (Å²) in [6, 6.07) is 6.38. The molecule has 2 amide bonds. The SMILES string of the molecule is CC(=O)Nc1sc2c(c1C(N)=O)CC(C)(C)c1cc(C)ccc1-2. The fourth-order valence-corrected chi connectivity index (χ4v) is 4.62. The third-order valence-electron chi connectivity index (χ3n) is 4.31. The maximum absolute atomic E-state index is 12.0. The molecular weight excluding hydrogens is 308 g/mol. The van der Waals surface area contributed by atoms with E-state index >= 15 is 0 Å². The van der Waals surface area contributed by atoms with Crippen molar-refractivity contribution in [3.05, 3.63) is 40.5 Å². The fourth-order valence-electron chi connectivity index (χ4n) is 3.31. The number of aryl methyl sites for hydroxylation is 1. The summed E-state index contributed by atoms with van der Waals surface area (Å²) in [5.74, 6) is -0.688. The minimum Gasteiger partial charge on any atom is -0.365 e. The molecule has 0 saturated carbocycles. The van der Waals surface area contributed by atoms with Crippen LogP contribution in [0.4, 0.5) is 5.00 Å². The molecule has 1 aliphatic rings. The first-order chi connectivity index (χ1) is 10.7. The first-order valence-electron chi connectivity index (χ1n) is 7.55. The van der Waals surface area contributed by atoms with Crippen LogP contribution in [-0.2, 0) is 16.6 Å². The molecule has 4 nitrogen and oxygen atoms in total. The van der Waals surface area contributed by atoms with Crippen molar-refractivity contribution >= 4 is 28.2 Å². The Labute approximate surface area is 139 Å². The number of rotatable bonds is 2. The number of carbonyl (C=O) groups is 2. The number of nitrogens with two attached hydrogens (primary N) is 1. The molecule has 0 aliphatic heterocycles. The molecule has 5 heteroatoms. The van der Waals surface area contributed by atoms with Crippen molar-refractivity contribution in [2.24, 2.45) is 5.73 Å². The van der Waals surface area contributed by atoms with Crippen LogP contribution < -0.4 is 11.1 Å². The second kappa shape index (κ2) is 5.20. The highest BCUT2D eigenvalue weighted by molar-refractivity contribution is 7.20. The molecule has 3 N–H and O–H groups in total. The summed E-state index contributed by atoms with van der Waals surface area (Å²) >= 11 is 1.44. The Balaban J connectivity index is 2.30. The summed E-state index contributed by atoms with van der Waals surface area (Å²) in [5.41, 5.74) is 10.5. The van der Waals surface area contributed by atoms with E-state index in [1.54, 1.807) is 0 Å². The van der Waals surface area contributed by atoms with Crippen molar-refractivity contribution in [1.82, 2.24) is 0 Å². The lowest BCUT2D eigenvalue weighted by Crippen LogP contribution is -2.27. The van der Waals surface area contributed by atoms with Crippen molar-refractivity contribution < 1.29 is 9.59 Å². The van der Waals surface area contributed by atoms with Crippen LogP contribution in [0.2, 0.25) is 0 Å². The normalized spacial score (nSPS) is 14.8. The van der Waals surface area contributed by atoms with Crippen molar-refractivity contribution in [2.75, 3.05) is 5.32 Å². The van der Waals surface area contributed by atoms with Gasteiger partial charge in [-0.3, -0.25) is 9.59 Å². The standard InChI is InChI=1S/C18H20N2O2S/c1-9-5-6-11-13(7-9)18(3,4)8-12-14(16(19)22)17(20-10(2)21)23-15(11)12/h5-7H,8H2,1-4H3,(H2,19,22)(H,20,21). The van der Waals surface area contributed by atoms with Crippen LogP contribution in [0.25, 0.3) is 10.4 Å². The first kappa shape index (κ1) is 15.7. The van der Waals surface area contributed by atoms with Gasteiger partial charge in [0.05, 0.1) is 5.56 Å². The first-order valence-corrected chi connectivity index (χ1v) is 8.37. The lowest BCUT2D eigenvalue weighted by molar-refractivity contribution is -0.114. The summed E-state index contributed by atoms with van der Waals surface area (Å²) in [6.45, 7) is 7.87. The number of benzene rings is 1. The van der Waals surface area contributed by atoms with Crippen molar-refractivity contribution in [1.29, 1.82) is 0 Å². The van der Waals surface area contributed by atoms with Gasteiger partial charge in [0.25, 0.3) is 5.91 Å². The van der Waals surface area contributed by atoms with Gasteiger partial charge in [0.15, 0.2) is 0 Å². The molecular formula is C18H20N2O2S. The van der Waals surface area contributed by atoms with Crippen LogP contribution in [-0.4, -0.2) is 11.8 Å². The molecule has 0 bridgehead atoms. The van der Waals surface area contributed by atoms with Gasteiger partial charge in [-0.1, -0.05) is 37.6 Å². The van der Waals surface area contributed by atoms with E-state index in [9.17, 15) is 9.59 Å². The summed E-state index contributed by atoms with van der Waals surface area (Å²) in [5, 5.41) is 3.32. The van der Waals surface area contributed by atoms with Gasteiger partial charge >= 0.3 is 0 Å². The zero-order chi connectivity index (χ0) is 16.9. The molecule has 0 unspecified atom stereocenters. The van der Waals surface area contributed by atoms with Crippen LogP contribution in [0.5, 0.6) is 0 Å². The predicted molar refractivity (Wildman–Crippen MR) is 94.0 cm³/mol. The number of anilines is 1. The largest absolute Gasteiger partial charge is 0.365 e. The number of thiophene rings is 1. The van der Waals surface area contributed by atoms with Crippen LogP contribution in [0.3, 0.4) is 0 Å². The van der Waals surface area contributed by atoms with Gasteiger partial charge in [0.2, 0.25) is 5.91 Å². The summed E-state index contributed by atoms with van der Waals surface area (Å²) in [6.07, 6.45) is 0.729. The molecule has 23 heavy (non-hydrogen) atoms. The molecule has 0 atom stereocenters. The summed E-state index contributed by atoms with van der Waals surface area (Å²) in [7, 11) is 0. The molecule has 1 aromatic carbocycles. The number of carbonyl (C=O) groups excluding carboxylic acids is 2. The van der Waals surface area contributed by atoms with Crippen LogP contribution >= 0.6 is 11.3 Å². The van der Waals surface area contributed by atoms with E-state index in [1.807, 2.05) is 0 Å². The van der Waals surface area contributed by atoms with E-state index in [0.717, 1.165) is 22.4 Å². The quantitative estimate of drug-likeness (QED) is 0.884. The third-order valence-corrected chi connectivity index (χ3v) is 5.49. The average Bonchev–Trinajstić information content (AvgIpc) is 2.75. The summed E-state index contributed by atoms with van der Waals surface area (Å²) in [4.78, 5) is 24.5. The number of fused-ring (bicyclic) bond motifs is 3. The van der Waals surface area contributed by atoms with E-state index in [0.29, 0.717) is 10.6 Å². The van der Waals surface area contributed by atoms with Crippen molar-refractivity contribution in [2.45, 2.75) is 39.5 Å². The molecule has 0 radical (unpaired) electrons. The Morgan fingerprint density at radius 3 is 2.61 bits per heavy atom. The molecule has 0 saturated heterocycles. The molecule has 0 spiro atoms. The number of hydrogen-bond acceptors (Lipinski definition) is 3. The fraction of sp³-hybridized carbons (Fsp3) is 0.333. The molecule has 3 rings (SSSR count). The highest BCUT2D eigenvalue weighted by atomic mass is 32.1. The van der Waals surface area contributed by atoms with Crippen LogP contribution in [0.1, 0.15) is 47.8 Å². The van der Waals surface area contributed by atoms with Crippen LogP contribution in [0, 0.1) is 6.92 Å². The van der Waals surface area contributed by atoms with E-state index in [1.165, 1.54) is 29.4 Å². The molecule has 0 fully saturated rings. The van der Waals surface area contributed by atoms with E-state index < -0.39 is 5.91 Å². The van der Waals surface area contributed by atoms with Gasteiger partial charge in [-0.25, -0.2) is 0 Å². The van der Waals surface area contributed by atoms with Gasteiger partial charge < -0.3 is 11.1 Å². The predicted octanol–water partition coefficient (Wildman–Crippen LogP) is 3.61. The molecule has 1 heterocycles. The van der Waals surface area contributed by atoms with Crippen LogP contribution in [0.15, 0.2) is 18.2 Å². The monoisotopic (exact) mass is 328 g/mol. The Bertz CT molecular complexity index is 834. The number of amides is 2. The number of nitrogens with one attached hydrogen (secondary N) is 1. The maximum Gasteiger partial charge on any atom is 0.252 e. The Hall–Kier alpha value is -2.14.